The van der Waals surface area contributed by atoms with Gasteiger partial charge in [-0.15, -0.1) is 0 Å². The minimum absolute atomic E-state index is 0.175. The van der Waals surface area contributed by atoms with Crippen LogP contribution in [0.3, 0.4) is 0 Å². The third-order valence-corrected chi connectivity index (χ3v) is 4.99. The van der Waals surface area contributed by atoms with Crippen LogP contribution < -0.4 is 14.8 Å². The number of carbonyl (C=O) groups excluding carboxylic acids is 1. The molecule has 0 spiro atoms. The predicted octanol–water partition coefficient (Wildman–Crippen LogP) is 2.70. The molecule has 7 heteroatoms. The van der Waals surface area contributed by atoms with E-state index in [1.54, 1.807) is 19.2 Å². The van der Waals surface area contributed by atoms with Crippen LogP contribution in [0.1, 0.15) is 40.2 Å². The summed E-state index contributed by atoms with van der Waals surface area (Å²) in [6.07, 6.45) is 2.15. The van der Waals surface area contributed by atoms with Crippen LogP contribution in [0.15, 0.2) is 22.7 Å². The van der Waals surface area contributed by atoms with Crippen molar-refractivity contribution in [2.75, 3.05) is 27.2 Å². The number of benzene rings is 1. The summed E-state index contributed by atoms with van der Waals surface area (Å²) in [5, 5.41) is 6.80. The predicted molar refractivity (Wildman–Crippen MR) is 101 cm³/mol. The molecule has 1 fully saturated rings. The third kappa shape index (κ3) is 4.60. The maximum absolute atomic E-state index is 12.5. The van der Waals surface area contributed by atoms with Crippen molar-refractivity contribution in [2.45, 2.75) is 39.3 Å². The number of nitrogens with one attached hydrogen (secondary N) is 1. The quantitative estimate of drug-likeness (QED) is 0.839. The summed E-state index contributed by atoms with van der Waals surface area (Å²) in [5.74, 6) is 1.78. The first-order valence-corrected chi connectivity index (χ1v) is 9.21. The highest BCUT2D eigenvalue weighted by atomic mass is 16.5. The lowest BCUT2D eigenvalue weighted by Crippen LogP contribution is -2.35. The molecule has 1 aliphatic rings. The van der Waals surface area contributed by atoms with Gasteiger partial charge in [0, 0.05) is 30.8 Å². The van der Waals surface area contributed by atoms with Gasteiger partial charge in [0.05, 0.1) is 12.8 Å². The summed E-state index contributed by atoms with van der Waals surface area (Å²) in [5.41, 5.74) is 2.21. The van der Waals surface area contributed by atoms with Crippen molar-refractivity contribution in [3.63, 3.8) is 0 Å². The second-order valence-electron chi connectivity index (χ2n) is 6.97. The lowest BCUT2D eigenvalue weighted by molar-refractivity contribution is 0.0949. The van der Waals surface area contributed by atoms with Gasteiger partial charge in [-0.1, -0.05) is 5.16 Å². The Morgan fingerprint density at radius 1 is 1.30 bits per heavy atom. The summed E-state index contributed by atoms with van der Waals surface area (Å²) in [4.78, 5) is 14.8. The monoisotopic (exact) mass is 373 g/mol. The molecule has 0 atom stereocenters. The molecule has 1 aliphatic heterocycles. The highest BCUT2D eigenvalue weighted by Gasteiger charge is 2.20. The van der Waals surface area contributed by atoms with Crippen LogP contribution in [0.4, 0.5) is 0 Å². The van der Waals surface area contributed by atoms with Crippen LogP contribution in [0.2, 0.25) is 0 Å². The van der Waals surface area contributed by atoms with Gasteiger partial charge in [0.15, 0.2) is 11.5 Å². The highest BCUT2D eigenvalue weighted by Crippen LogP contribution is 2.30. The van der Waals surface area contributed by atoms with Crippen molar-refractivity contribution in [1.82, 2.24) is 15.4 Å². The molecule has 0 radical (unpaired) electrons. The van der Waals surface area contributed by atoms with Gasteiger partial charge < -0.3 is 24.2 Å². The maximum Gasteiger partial charge on any atom is 0.251 e. The molecule has 3 rings (SSSR count). The summed E-state index contributed by atoms with van der Waals surface area (Å²) < 4.78 is 16.7. The number of aryl methyl sites for hydroxylation is 2. The number of methoxy groups -OCH3 is 1. The zero-order chi connectivity index (χ0) is 19.4. The molecular weight excluding hydrogens is 346 g/mol. The van der Waals surface area contributed by atoms with Gasteiger partial charge in [0.1, 0.15) is 11.9 Å². The van der Waals surface area contributed by atoms with Crippen molar-refractivity contribution >= 4 is 5.91 Å². The molecule has 1 aromatic carbocycles. The van der Waals surface area contributed by atoms with Gasteiger partial charge in [-0.3, -0.25) is 4.79 Å². The number of likely N-dealkylation sites (tertiary alicyclic amines) is 1. The molecule has 2 aromatic rings. The topological polar surface area (TPSA) is 76.8 Å². The van der Waals surface area contributed by atoms with E-state index in [9.17, 15) is 4.79 Å². The molecule has 1 N–H and O–H groups in total. The maximum atomic E-state index is 12.5. The lowest BCUT2D eigenvalue weighted by Gasteiger charge is -2.29. The van der Waals surface area contributed by atoms with Crippen molar-refractivity contribution in [3.05, 3.63) is 40.8 Å². The first-order valence-electron chi connectivity index (χ1n) is 9.21. The van der Waals surface area contributed by atoms with Gasteiger partial charge in [-0.05, 0) is 51.9 Å². The van der Waals surface area contributed by atoms with Crippen LogP contribution in [-0.4, -0.2) is 49.3 Å². The average Bonchev–Trinajstić information content (AvgIpc) is 2.99. The van der Waals surface area contributed by atoms with Crippen molar-refractivity contribution in [3.8, 4) is 11.5 Å². The minimum atomic E-state index is -0.181. The molecule has 1 aromatic heterocycles. The summed E-state index contributed by atoms with van der Waals surface area (Å²) in [6.45, 7) is 6.11. The smallest absolute Gasteiger partial charge is 0.251 e. The highest BCUT2D eigenvalue weighted by molar-refractivity contribution is 5.94. The lowest BCUT2D eigenvalue weighted by atomic mass is 10.1. The number of nitrogens with zero attached hydrogens (tertiary/aromatic N) is 2. The molecule has 1 amide bonds. The van der Waals surface area contributed by atoms with Gasteiger partial charge in [0.25, 0.3) is 5.91 Å². The molecule has 0 bridgehead atoms. The number of rotatable bonds is 6. The normalized spacial score (nSPS) is 15.6. The van der Waals surface area contributed by atoms with E-state index in [1.165, 1.54) is 0 Å². The number of piperidine rings is 1. The van der Waals surface area contributed by atoms with Crippen LogP contribution >= 0.6 is 0 Å². The van der Waals surface area contributed by atoms with Crippen molar-refractivity contribution in [2.24, 2.45) is 0 Å². The SMILES string of the molecule is COc1cc(C(=O)NCc2c(C)noc2C)ccc1OC1CCN(C)CC1. The Morgan fingerprint density at radius 3 is 2.67 bits per heavy atom. The molecular formula is C20H27N3O4. The molecule has 7 nitrogen and oxygen atoms in total. The zero-order valence-electron chi connectivity index (χ0n) is 16.4. The fourth-order valence-corrected chi connectivity index (χ4v) is 3.21. The zero-order valence-corrected chi connectivity index (χ0v) is 16.4. The Bertz CT molecular complexity index is 775. The van der Waals surface area contributed by atoms with Crippen molar-refractivity contribution in [1.29, 1.82) is 0 Å². The fourth-order valence-electron chi connectivity index (χ4n) is 3.21. The summed E-state index contributed by atoms with van der Waals surface area (Å²) >= 11 is 0. The van der Waals surface area contributed by atoms with Crippen LogP contribution in [0, 0.1) is 13.8 Å². The van der Waals surface area contributed by atoms with Crippen molar-refractivity contribution < 1.29 is 18.8 Å². The van der Waals surface area contributed by atoms with E-state index in [2.05, 4.69) is 22.4 Å². The number of carbonyl (C=O) groups is 1. The van der Waals surface area contributed by atoms with E-state index in [0.717, 1.165) is 37.2 Å². The van der Waals surface area contributed by atoms with Gasteiger partial charge in [-0.25, -0.2) is 0 Å². The molecule has 0 saturated carbocycles. The van der Waals surface area contributed by atoms with Crippen LogP contribution in [0.25, 0.3) is 0 Å². The molecule has 146 valence electrons. The van der Waals surface area contributed by atoms with Gasteiger partial charge in [-0.2, -0.15) is 0 Å². The average molecular weight is 373 g/mol. The molecule has 27 heavy (non-hydrogen) atoms. The molecule has 0 unspecified atom stereocenters. The summed E-state index contributed by atoms with van der Waals surface area (Å²) in [7, 11) is 3.70. The Balaban J connectivity index is 1.65. The Labute approximate surface area is 159 Å². The van der Waals surface area contributed by atoms with E-state index in [0.29, 0.717) is 29.4 Å². The largest absolute Gasteiger partial charge is 0.493 e. The van der Waals surface area contributed by atoms with Crippen LogP contribution in [-0.2, 0) is 6.54 Å². The van der Waals surface area contributed by atoms with E-state index >= 15 is 0 Å². The molecule has 1 saturated heterocycles. The Morgan fingerprint density at radius 2 is 2.04 bits per heavy atom. The Kier molecular flexibility index (Phi) is 6.01. The number of hydrogen-bond acceptors (Lipinski definition) is 6. The first-order chi connectivity index (χ1) is 13.0. The standard InChI is InChI=1S/C20H27N3O4/c1-13-17(14(2)27-22-13)12-21-20(24)15-5-6-18(19(11-15)25-4)26-16-7-9-23(3)10-8-16/h5-6,11,16H,7-10,12H2,1-4H3,(H,21,24). The van der Waals surface area contributed by atoms with E-state index in [-0.39, 0.29) is 12.0 Å². The van der Waals surface area contributed by atoms with E-state index < -0.39 is 0 Å². The number of aromatic nitrogens is 1. The van der Waals surface area contributed by atoms with Crippen LogP contribution in [0.5, 0.6) is 11.5 Å². The van der Waals surface area contributed by atoms with Gasteiger partial charge >= 0.3 is 0 Å². The summed E-state index contributed by atoms with van der Waals surface area (Å²) in [6, 6.07) is 5.28. The Hall–Kier alpha value is -2.54. The van der Waals surface area contributed by atoms with E-state index in [1.807, 2.05) is 19.9 Å². The third-order valence-electron chi connectivity index (χ3n) is 4.99. The first kappa shape index (κ1) is 19.2. The number of ether oxygens (including phenoxy) is 2. The fraction of sp³-hybridized carbons (Fsp3) is 0.500. The number of hydrogen-bond donors (Lipinski definition) is 1. The number of amides is 1. The second kappa shape index (κ2) is 8.43. The van der Waals surface area contributed by atoms with Gasteiger partial charge in [0.2, 0.25) is 0 Å². The van der Waals surface area contributed by atoms with E-state index in [4.69, 9.17) is 14.0 Å². The second-order valence-corrected chi connectivity index (χ2v) is 6.97. The molecule has 2 heterocycles. The minimum Gasteiger partial charge on any atom is -0.493 e. The molecule has 0 aliphatic carbocycles.